The van der Waals surface area contributed by atoms with E-state index in [2.05, 4.69) is 9.99 Å². The van der Waals surface area contributed by atoms with E-state index >= 15 is 0 Å². The van der Waals surface area contributed by atoms with Crippen LogP contribution in [0.15, 0.2) is 5.16 Å². The Labute approximate surface area is 89.4 Å². The first-order chi connectivity index (χ1) is 7.02. The van der Waals surface area contributed by atoms with Crippen LogP contribution in [0.4, 0.5) is 0 Å². The normalized spacial score (nSPS) is 11.4. The molecule has 0 aromatic carbocycles. The highest BCUT2D eigenvalue weighted by atomic mass is 16.6. The van der Waals surface area contributed by atoms with Gasteiger partial charge in [0, 0.05) is 5.92 Å². The Morgan fingerprint density at radius 2 is 1.93 bits per heavy atom. The van der Waals surface area contributed by atoms with Crippen LogP contribution in [0.3, 0.4) is 0 Å². The van der Waals surface area contributed by atoms with Crippen LogP contribution in [0.1, 0.15) is 27.2 Å². The molecule has 0 spiro atoms. The molecule has 0 aliphatic heterocycles. The summed E-state index contributed by atoms with van der Waals surface area (Å²) in [6.07, 6.45) is -0.0513. The van der Waals surface area contributed by atoms with Crippen LogP contribution in [-0.2, 0) is 19.2 Å². The van der Waals surface area contributed by atoms with Crippen molar-refractivity contribution in [3.8, 4) is 0 Å². The van der Waals surface area contributed by atoms with Crippen LogP contribution < -0.4 is 0 Å². The van der Waals surface area contributed by atoms with Crippen molar-refractivity contribution in [1.29, 1.82) is 0 Å². The number of esters is 1. The number of oxime groups is 1. The smallest absolute Gasteiger partial charge is 0.356 e. The van der Waals surface area contributed by atoms with E-state index in [0.29, 0.717) is 0 Å². The Morgan fingerprint density at radius 1 is 1.33 bits per heavy atom. The summed E-state index contributed by atoms with van der Waals surface area (Å²) in [4.78, 5) is 27.2. The number of hydrogen-bond acceptors (Lipinski definition) is 5. The first-order valence-corrected chi connectivity index (χ1v) is 4.82. The Morgan fingerprint density at radius 3 is 2.33 bits per heavy atom. The number of hydrogen-bond donors (Lipinski definition) is 0. The van der Waals surface area contributed by atoms with Gasteiger partial charge in [0.1, 0.15) is 12.9 Å². The molecule has 5 heteroatoms. The minimum absolute atomic E-state index is 0.0121. The van der Waals surface area contributed by atoms with E-state index < -0.39 is 5.97 Å². The number of rotatable bonds is 6. The van der Waals surface area contributed by atoms with E-state index in [4.69, 9.17) is 4.74 Å². The second-order valence-corrected chi connectivity index (χ2v) is 3.24. The van der Waals surface area contributed by atoms with Gasteiger partial charge >= 0.3 is 5.97 Å². The van der Waals surface area contributed by atoms with Crippen molar-refractivity contribution >= 4 is 17.5 Å². The fraction of sp³-hybridized carbons (Fsp3) is 0.700. The molecule has 0 aliphatic rings. The van der Waals surface area contributed by atoms with E-state index in [1.807, 2.05) is 0 Å². The zero-order valence-electron chi connectivity index (χ0n) is 9.57. The number of Topliss-reactive ketones (excluding diaryl/α,β-unsaturated/α-hetero) is 1. The maximum atomic E-state index is 11.4. The summed E-state index contributed by atoms with van der Waals surface area (Å²) in [6, 6.07) is 0. The standard InChI is InChI=1S/C10H17NO4/c1-5-15-10(13)8(11-14-4)6-9(12)7(2)3/h7H,5-6H2,1-4H3/b11-8-. The third-order valence-electron chi connectivity index (χ3n) is 1.70. The highest BCUT2D eigenvalue weighted by Gasteiger charge is 2.19. The first kappa shape index (κ1) is 13.6. The van der Waals surface area contributed by atoms with E-state index in [1.165, 1.54) is 7.11 Å². The van der Waals surface area contributed by atoms with E-state index in [9.17, 15) is 9.59 Å². The minimum Gasteiger partial charge on any atom is -0.461 e. The second-order valence-electron chi connectivity index (χ2n) is 3.24. The molecule has 0 saturated heterocycles. The van der Waals surface area contributed by atoms with Crippen LogP contribution in [0.25, 0.3) is 0 Å². The Hall–Kier alpha value is -1.39. The lowest BCUT2D eigenvalue weighted by Gasteiger charge is -2.06. The summed E-state index contributed by atoms with van der Waals surface area (Å²) < 4.78 is 4.74. The fourth-order valence-electron chi connectivity index (χ4n) is 0.835. The van der Waals surface area contributed by atoms with Crippen LogP contribution in [-0.4, -0.2) is 31.2 Å². The molecule has 0 radical (unpaired) electrons. The van der Waals surface area contributed by atoms with Gasteiger partial charge in [-0.25, -0.2) is 4.79 Å². The highest BCUT2D eigenvalue weighted by molar-refractivity contribution is 6.39. The average molecular weight is 215 g/mol. The monoisotopic (exact) mass is 215 g/mol. The Bertz CT molecular complexity index is 258. The number of ketones is 1. The zero-order valence-corrected chi connectivity index (χ0v) is 9.57. The van der Waals surface area contributed by atoms with Crippen molar-refractivity contribution in [3.05, 3.63) is 0 Å². The van der Waals surface area contributed by atoms with Gasteiger partial charge < -0.3 is 9.57 Å². The molecule has 0 bridgehead atoms. The molecule has 0 N–H and O–H groups in total. The molecule has 15 heavy (non-hydrogen) atoms. The topological polar surface area (TPSA) is 65.0 Å². The molecule has 0 heterocycles. The first-order valence-electron chi connectivity index (χ1n) is 4.82. The van der Waals surface area contributed by atoms with E-state index in [1.54, 1.807) is 20.8 Å². The van der Waals surface area contributed by atoms with Crippen LogP contribution >= 0.6 is 0 Å². The van der Waals surface area contributed by atoms with Crippen molar-refractivity contribution in [1.82, 2.24) is 0 Å². The summed E-state index contributed by atoms with van der Waals surface area (Å²) in [7, 11) is 1.32. The van der Waals surface area contributed by atoms with Gasteiger partial charge in [0.15, 0.2) is 5.71 Å². The average Bonchev–Trinajstić information content (AvgIpc) is 2.17. The Balaban J connectivity index is 4.48. The highest BCUT2D eigenvalue weighted by Crippen LogP contribution is 2.02. The summed E-state index contributed by atoms with van der Waals surface area (Å²) >= 11 is 0. The molecule has 0 atom stereocenters. The van der Waals surface area contributed by atoms with Crippen molar-refractivity contribution < 1.29 is 19.2 Å². The molecule has 0 aliphatic carbocycles. The predicted octanol–water partition coefficient (Wildman–Crippen LogP) is 1.17. The molecule has 0 amide bonds. The molecule has 5 nitrogen and oxygen atoms in total. The van der Waals surface area contributed by atoms with Gasteiger partial charge in [0.25, 0.3) is 0 Å². The maximum absolute atomic E-state index is 11.4. The lowest BCUT2D eigenvalue weighted by Crippen LogP contribution is -2.23. The lowest BCUT2D eigenvalue weighted by atomic mass is 10.0. The van der Waals surface area contributed by atoms with Gasteiger partial charge in [-0.1, -0.05) is 19.0 Å². The van der Waals surface area contributed by atoms with Crippen molar-refractivity contribution in [3.63, 3.8) is 0 Å². The number of nitrogens with zero attached hydrogens (tertiary/aromatic N) is 1. The largest absolute Gasteiger partial charge is 0.461 e. The summed E-state index contributed by atoms with van der Waals surface area (Å²) in [5.41, 5.74) is 0.0121. The molecule has 0 rings (SSSR count). The molecular formula is C10H17NO4. The van der Waals surface area contributed by atoms with Gasteiger partial charge in [0.05, 0.1) is 13.0 Å². The number of carbonyl (C=O) groups is 2. The van der Waals surface area contributed by atoms with E-state index in [0.717, 1.165) is 0 Å². The van der Waals surface area contributed by atoms with Gasteiger partial charge in [0.2, 0.25) is 0 Å². The van der Waals surface area contributed by atoms with Crippen molar-refractivity contribution in [2.45, 2.75) is 27.2 Å². The Kier molecular flexibility index (Phi) is 6.33. The minimum atomic E-state index is -0.603. The van der Waals surface area contributed by atoms with Gasteiger partial charge in [-0.3, -0.25) is 4.79 Å². The second kappa shape index (κ2) is 6.98. The fourth-order valence-corrected chi connectivity index (χ4v) is 0.835. The molecule has 0 unspecified atom stereocenters. The maximum Gasteiger partial charge on any atom is 0.356 e. The molecule has 0 fully saturated rings. The van der Waals surface area contributed by atoms with Gasteiger partial charge in [-0.15, -0.1) is 0 Å². The van der Waals surface area contributed by atoms with Crippen LogP contribution in [0.5, 0.6) is 0 Å². The third kappa shape index (κ3) is 5.15. The molecule has 0 aromatic heterocycles. The summed E-state index contributed by atoms with van der Waals surface area (Å²) in [6.45, 7) is 5.46. The molecular weight excluding hydrogens is 198 g/mol. The zero-order chi connectivity index (χ0) is 11.8. The van der Waals surface area contributed by atoms with Crippen LogP contribution in [0, 0.1) is 5.92 Å². The van der Waals surface area contributed by atoms with Crippen LogP contribution in [0.2, 0.25) is 0 Å². The van der Waals surface area contributed by atoms with Crippen molar-refractivity contribution in [2.75, 3.05) is 13.7 Å². The van der Waals surface area contributed by atoms with E-state index in [-0.39, 0.29) is 30.4 Å². The molecule has 86 valence electrons. The van der Waals surface area contributed by atoms with Gasteiger partial charge in [-0.2, -0.15) is 0 Å². The predicted molar refractivity (Wildman–Crippen MR) is 55.5 cm³/mol. The van der Waals surface area contributed by atoms with Crippen molar-refractivity contribution in [2.24, 2.45) is 11.1 Å². The molecule has 0 saturated carbocycles. The third-order valence-corrected chi connectivity index (χ3v) is 1.70. The van der Waals surface area contributed by atoms with Gasteiger partial charge in [-0.05, 0) is 6.92 Å². The number of carbonyl (C=O) groups excluding carboxylic acids is 2. The quantitative estimate of drug-likeness (QED) is 0.379. The lowest BCUT2D eigenvalue weighted by molar-refractivity contribution is -0.136. The summed E-state index contributed by atoms with van der Waals surface area (Å²) in [5.74, 6) is -0.811. The summed E-state index contributed by atoms with van der Waals surface area (Å²) in [5, 5.41) is 3.49. The SMILES string of the molecule is CCOC(=O)/C(CC(=O)C(C)C)=N\OC. The molecule has 0 aromatic rings. The number of ether oxygens (including phenoxy) is 1.